The molecule has 1 aromatic heterocycles. The number of rotatable bonds is 6. The molecule has 0 amide bonds. The van der Waals surface area contributed by atoms with Crippen LogP contribution in [0.1, 0.15) is 24.2 Å². The lowest BCUT2D eigenvalue weighted by molar-refractivity contribution is -0.0502. The van der Waals surface area contributed by atoms with E-state index in [4.69, 9.17) is 5.11 Å². The first kappa shape index (κ1) is 15.9. The van der Waals surface area contributed by atoms with Crippen LogP contribution in [0.5, 0.6) is 5.75 Å². The Balaban J connectivity index is 2.35. The van der Waals surface area contributed by atoms with Crippen LogP contribution in [0.25, 0.3) is 11.1 Å². The van der Waals surface area contributed by atoms with Gasteiger partial charge in [-0.05, 0) is 23.6 Å². The number of carboxylic acid groups (broad SMARTS) is 1. The number of hydrogen-bond donors (Lipinski definition) is 1. The number of aromatic nitrogens is 2. The minimum atomic E-state index is -3.09. The highest BCUT2D eigenvalue weighted by Gasteiger charge is 2.16. The van der Waals surface area contributed by atoms with E-state index in [1.807, 2.05) is 0 Å². The second-order valence-electron chi connectivity index (χ2n) is 5.24. The number of carbonyl (C=O) groups is 1. The molecule has 0 unspecified atom stereocenters. The molecule has 0 aliphatic carbocycles. The molecule has 0 fully saturated rings. The zero-order valence-corrected chi connectivity index (χ0v) is 12.2. The Bertz CT molecular complexity index is 669. The molecule has 5 nitrogen and oxygen atoms in total. The van der Waals surface area contributed by atoms with Crippen LogP contribution >= 0.6 is 0 Å². The minimum absolute atomic E-state index is 0.307. The Hall–Kier alpha value is -2.44. The molecule has 0 atom stereocenters. The van der Waals surface area contributed by atoms with E-state index in [9.17, 15) is 13.6 Å². The topological polar surface area (TPSA) is 64.4 Å². The average molecular weight is 310 g/mol. The molecule has 2 rings (SSSR count). The molecule has 1 N–H and O–H groups in total. The van der Waals surface area contributed by atoms with Crippen LogP contribution in [0.3, 0.4) is 0 Å². The van der Waals surface area contributed by atoms with Gasteiger partial charge in [0.25, 0.3) is 0 Å². The number of alkyl halides is 2. The summed E-state index contributed by atoms with van der Waals surface area (Å²) >= 11 is 0. The molecule has 22 heavy (non-hydrogen) atoms. The van der Waals surface area contributed by atoms with Crippen LogP contribution in [-0.2, 0) is 6.54 Å². The summed E-state index contributed by atoms with van der Waals surface area (Å²) in [6.45, 7) is 1.75. The number of carboxylic acids is 1. The molecular formula is C15H16F2N2O3. The predicted octanol–water partition coefficient (Wildman–Crippen LogP) is 3.51. The van der Waals surface area contributed by atoms with Crippen LogP contribution in [-0.4, -0.2) is 27.5 Å². The molecule has 7 heteroatoms. The Morgan fingerprint density at radius 2 is 2.09 bits per heavy atom. The predicted molar refractivity (Wildman–Crippen MR) is 76.1 cm³/mol. The third kappa shape index (κ3) is 3.81. The number of hydrogen-bond acceptors (Lipinski definition) is 3. The first-order valence-electron chi connectivity index (χ1n) is 6.71. The van der Waals surface area contributed by atoms with Crippen molar-refractivity contribution in [2.75, 3.05) is 0 Å². The average Bonchev–Trinajstić information content (AvgIpc) is 2.85. The van der Waals surface area contributed by atoms with Crippen molar-refractivity contribution in [1.29, 1.82) is 0 Å². The molecule has 0 bridgehead atoms. The molecule has 0 aliphatic rings. The maximum absolute atomic E-state index is 12.4. The van der Waals surface area contributed by atoms with Crippen molar-refractivity contribution < 1.29 is 23.4 Å². The first-order chi connectivity index (χ1) is 10.4. The quantitative estimate of drug-likeness (QED) is 0.887. The Labute approximate surface area is 126 Å². The summed E-state index contributed by atoms with van der Waals surface area (Å²) in [5.74, 6) is -1.27. The number of nitrogens with zero attached hydrogens (tertiary/aromatic N) is 2. The lowest BCUT2D eigenvalue weighted by Crippen LogP contribution is -2.07. The zero-order chi connectivity index (χ0) is 16.3. The van der Waals surface area contributed by atoms with Crippen LogP contribution in [0.15, 0.2) is 30.6 Å². The second kappa shape index (κ2) is 6.55. The molecule has 1 aromatic carbocycles. The lowest BCUT2D eigenvalue weighted by Gasteiger charge is -2.09. The van der Waals surface area contributed by atoms with E-state index in [0.717, 1.165) is 6.54 Å². The molecule has 0 aliphatic heterocycles. The van der Waals surface area contributed by atoms with E-state index in [1.54, 1.807) is 23.1 Å². The highest BCUT2D eigenvalue weighted by Crippen LogP contribution is 2.28. The number of halogens is 2. The van der Waals surface area contributed by atoms with Gasteiger partial charge in [0.2, 0.25) is 0 Å². The number of ether oxygens (including phenoxy) is 1. The standard InChI is InChI=1S/C15H16F2N2O3/c1-9(2)7-19-8-11(6-18-19)10-3-4-12(14(20)21)13(5-10)22-15(16)17/h3-6,8-9,15H,7H2,1-2H3,(H,20,21). The third-order valence-electron chi connectivity index (χ3n) is 2.95. The van der Waals surface area contributed by atoms with Crippen LogP contribution in [0.2, 0.25) is 0 Å². The first-order valence-corrected chi connectivity index (χ1v) is 6.71. The van der Waals surface area contributed by atoms with Gasteiger partial charge in [-0.25, -0.2) is 4.79 Å². The van der Waals surface area contributed by atoms with Crippen molar-refractivity contribution in [1.82, 2.24) is 9.78 Å². The fourth-order valence-corrected chi connectivity index (χ4v) is 2.06. The van der Waals surface area contributed by atoms with Gasteiger partial charge in [0, 0.05) is 18.3 Å². The fraction of sp³-hybridized carbons (Fsp3) is 0.333. The summed E-state index contributed by atoms with van der Waals surface area (Å²) in [5.41, 5.74) is 0.964. The SMILES string of the molecule is CC(C)Cn1cc(-c2ccc(C(=O)O)c(OC(F)F)c2)cn1. The number of benzene rings is 1. The summed E-state index contributed by atoms with van der Waals surface area (Å²) < 4.78 is 30.9. The molecule has 0 spiro atoms. The zero-order valence-electron chi connectivity index (χ0n) is 12.2. The van der Waals surface area contributed by atoms with Crippen molar-refractivity contribution in [3.05, 3.63) is 36.2 Å². The van der Waals surface area contributed by atoms with E-state index < -0.39 is 12.6 Å². The molecule has 1 heterocycles. The van der Waals surface area contributed by atoms with Crippen molar-refractivity contribution in [3.8, 4) is 16.9 Å². The third-order valence-corrected chi connectivity index (χ3v) is 2.95. The van der Waals surface area contributed by atoms with Gasteiger partial charge < -0.3 is 9.84 Å². The molecule has 0 radical (unpaired) electrons. The van der Waals surface area contributed by atoms with Gasteiger partial charge in [-0.15, -0.1) is 0 Å². The van der Waals surface area contributed by atoms with Crippen molar-refractivity contribution in [2.24, 2.45) is 5.92 Å². The monoisotopic (exact) mass is 310 g/mol. The normalized spacial score (nSPS) is 11.2. The van der Waals surface area contributed by atoms with E-state index in [0.29, 0.717) is 17.0 Å². The summed E-state index contributed by atoms with van der Waals surface area (Å²) in [4.78, 5) is 11.0. The molecular weight excluding hydrogens is 294 g/mol. The molecule has 2 aromatic rings. The van der Waals surface area contributed by atoms with Gasteiger partial charge in [-0.1, -0.05) is 19.9 Å². The van der Waals surface area contributed by atoms with Gasteiger partial charge >= 0.3 is 12.6 Å². The Morgan fingerprint density at radius 1 is 1.36 bits per heavy atom. The van der Waals surface area contributed by atoms with Gasteiger partial charge in [0.15, 0.2) is 0 Å². The van der Waals surface area contributed by atoms with Crippen molar-refractivity contribution in [2.45, 2.75) is 27.0 Å². The smallest absolute Gasteiger partial charge is 0.387 e. The lowest BCUT2D eigenvalue weighted by atomic mass is 10.1. The van der Waals surface area contributed by atoms with E-state index in [2.05, 4.69) is 23.7 Å². The summed E-state index contributed by atoms with van der Waals surface area (Å²) in [5, 5.41) is 13.2. The summed E-state index contributed by atoms with van der Waals surface area (Å²) in [6.07, 6.45) is 3.38. The van der Waals surface area contributed by atoms with Gasteiger partial charge in [0.05, 0.1) is 6.20 Å². The van der Waals surface area contributed by atoms with Crippen molar-refractivity contribution >= 4 is 5.97 Å². The summed E-state index contributed by atoms with van der Waals surface area (Å²) in [6, 6.07) is 4.07. The van der Waals surface area contributed by atoms with Crippen LogP contribution in [0.4, 0.5) is 8.78 Å². The maximum Gasteiger partial charge on any atom is 0.387 e. The van der Waals surface area contributed by atoms with E-state index >= 15 is 0 Å². The highest BCUT2D eigenvalue weighted by molar-refractivity contribution is 5.92. The van der Waals surface area contributed by atoms with Crippen LogP contribution in [0, 0.1) is 5.92 Å². The largest absolute Gasteiger partial charge is 0.478 e. The molecule has 0 saturated heterocycles. The molecule has 0 saturated carbocycles. The van der Waals surface area contributed by atoms with Gasteiger partial charge in [-0.2, -0.15) is 13.9 Å². The van der Waals surface area contributed by atoms with E-state index in [1.165, 1.54) is 12.1 Å². The van der Waals surface area contributed by atoms with Crippen molar-refractivity contribution in [3.63, 3.8) is 0 Å². The molecule has 118 valence electrons. The second-order valence-corrected chi connectivity index (χ2v) is 5.24. The van der Waals surface area contributed by atoms with Crippen LogP contribution < -0.4 is 4.74 Å². The fourth-order valence-electron chi connectivity index (χ4n) is 2.06. The van der Waals surface area contributed by atoms with Gasteiger partial charge in [-0.3, -0.25) is 4.68 Å². The number of aromatic carboxylic acids is 1. The minimum Gasteiger partial charge on any atom is -0.478 e. The van der Waals surface area contributed by atoms with Gasteiger partial charge in [0.1, 0.15) is 11.3 Å². The Kier molecular flexibility index (Phi) is 4.75. The highest BCUT2D eigenvalue weighted by atomic mass is 19.3. The maximum atomic E-state index is 12.4. The Morgan fingerprint density at radius 3 is 2.68 bits per heavy atom. The van der Waals surface area contributed by atoms with E-state index in [-0.39, 0.29) is 11.3 Å². The summed E-state index contributed by atoms with van der Waals surface area (Å²) in [7, 11) is 0.